The van der Waals surface area contributed by atoms with Gasteiger partial charge in [0.25, 0.3) is 0 Å². The summed E-state index contributed by atoms with van der Waals surface area (Å²) in [7, 11) is 1.89. The molecule has 1 aromatic carbocycles. The summed E-state index contributed by atoms with van der Waals surface area (Å²) in [6.45, 7) is 0. The van der Waals surface area contributed by atoms with Crippen molar-refractivity contribution in [3.05, 3.63) is 64.6 Å². The molecule has 0 radical (unpaired) electrons. The van der Waals surface area contributed by atoms with E-state index in [1.807, 2.05) is 13.2 Å². The van der Waals surface area contributed by atoms with Gasteiger partial charge in [-0.15, -0.1) is 0 Å². The van der Waals surface area contributed by atoms with Gasteiger partial charge in [0, 0.05) is 18.8 Å². The Morgan fingerprint density at radius 3 is 2.82 bits per heavy atom. The molecule has 1 saturated carbocycles. The van der Waals surface area contributed by atoms with E-state index in [9.17, 15) is 13.2 Å². The highest BCUT2D eigenvalue weighted by Gasteiger charge is 2.51. The van der Waals surface area contributed by atoms with E-state index < -0.39 is 17.2 Å². The van der Waals surface area contributed by atoms with E-state index in [1.165, 1.54) is 12.1 Å². The summed E-state index contributed by atoms with van der Waals surface area (Å²) >= 11 is 0. The molecule has 2 aromatic heterocycles. The van der Waals surface area contributed by atoms with Crippen LogP contribution in [0.1, 0.15) is 65.7 Å². The third kappa shape index (κ3) is 2.73. The second-order valence-corrected chi connectivity index (χ2v) is 7.77. The van der Waals surface area contributed by atoms with Gasteiger partial charge in [0.05, 0.1) is 22.6 Å². The Labute approximate surface area is 159 Å². The molecule has 5 nitrogen and oxygen atoms in total. The van der Waals surface area contributed by atoms with Crippen molar-refractivity contribution in [1.29, 1.82) is 0 Å². The van der Waals surface area contributed by atoms with Gasteiger partial charge in [-0.3, -0.25) is 4.68 Å². The van der Waals surface area contributed by atoms with Crippen molar-refractivity contribution in [3.8, 4) is 0 Å². The van der Waals surface area contributed by atoms with E-state index >= 15 is 0 Å². The molecule has 0 spiro atoms. The summed E-state index contributed by atoms with van der Waals surface area (Å²) in [4.78, 5) is 4.65. The zero-order chi connectivity index (χ0) is 19.5. The van der Waals surface area contributed by atoms with Gasteiger partial charge in [0.2, 0.25) is 5.89 Å². The quantitative estimate of drug-likeness (QED) is 0.669. The zero-order valence-corrected chi connectivity index (χ0v) is 15.3. The maximum absolute atomic E-state index is 13.1. The number of fused-ring (bicyclic) bond motifs is 1. The number of rotatable bonds is 3. The standard InChI is InChI=1S/C20H19F3N4O/c1-27-11-15-14(6-3-7-16(15)25-27)17-24-18(26-28-17)19(8-9-19)12-4-2-5-13(10-12)20(21,22)23/h2,4-5,10-11,14H,3,6-9H2,1H3. The fourth-order valence-corrected chi connectivity index (χ4v) is 4.25. The Morgan fingerprint density at radius 1 is 1.25 bits per heavy atom. The zero-order valence-electron chi connectivity index (χ0n) is 15.3. The SMILES string of the molecule is Cn1cc2c(n1)CCCC2c1nc(C2(c3cccc(C(F)(F)F)c3)CC2)no1. The Hall–Kier alpha value is -2.64. The van der Waals surface area contributed by atoms with Gasteiger partial charge in [-0.2, -0.15) is 23.3 Å². The van der Waals surface area contributed by atoms with E-state index in [-0.39, 0.29) is 5.92 Å². The van der Waals surface area contributed by atoms with E-state index in [2.05, 4.69) is 15.2 Å². The molecule has 2 heterocycles. The predicted molar refractivity (Wildman–Crippen MR) is 93.7 cm³/mol. The molecule has 3 aromatic rings. The highest BCUT2D eigenvalue weighted by Crippen LogP contribution is 2.53. The van der Waals surface area contributed by atoms with Crippen molar-refractivity contribution in [1.82, 2.24) is 19.9 Å². The third-order valence-corrected chi connectivity index (χ3v) is 5.88. The van der Waals surface area contributed by atoms with Gasteiger partial charge in [-0.25, -0.2) is 0 Å². The van der Waals surface area contributed by atoms with Crippen molar-refractivity contribution >= 4 is 0 Å². The van der Waals surface area contributed by atoms with Crippen LogP contribution in [-0.2, 0) is 25.1 Å². The lowest BCUT2D eigenvalue weighted by atomic mass is 9.87. The summed E-state index contributed by atoms with van der Waals surface area (Å²) in [5.41, 5.74) is 1.54. The Bertz CT molecular complexity index is 1030. The van der Waals surface area contributed by atoms with Crippen molar-refractivity contribution < 1.29 is 17.7 Å². The van der Waals surface area contributed by atoms with Crippen LogP contribution in [0.25, 0.3) is 0 Å². The fourth-order valence-electron chi connectivity index (χ4n) is 4.25. The first kappa shape index (κ1) is 17.5. The topological polar surface area (TPSA) is 56.7 Å². The number of benzene rings is 1. The first-order valence-corrected chi connectivity index (χ1v) is 9.41. The van der Waals surface area contributed by atoms with Gasteiger partial charge in [-0.1, -0.05) is 23.4 Å². The summed E-state index contributed by atoms with van der Waals surface area (Å²) < 4.78 is 46.7. The molecule has 8 heteroatoms. The van der Waals surface area contributed by atoms with E-state index in [1.54, 1.807) is 10.7 Å². The number of hydrogen-bond acceptors (Lipinski definition) is 4. The van der Waals surface area contributed by atoms with Gasteiger partial charge in [-0.05, 0) is 43.7 Å². The van der Waals surface area contributed by atoms with E-state index in [0.717, 1.165) is 49.4 Å². The highest BCUT2D eigenvalue weighted by atomic mass is 19.4. The van der Waals surface area contributed by atoms with Crippen LogP contribution >= 0.6 is 0 Å². The number of aryl methyl sites for hydroxylation is 2. The minimum absolute atomic E-state index is 0.00369. The molecule has 0 N–H and O–H groups in total. The van der Waals surface area contributed by atoms with Gasteiger partial charge in [0.1, 0.15) is 0 Å². The van der Waals surface area contributed by atoms with E-state index in [4.69, 9.17) is 4.52 Å². The summed E-state index contributed by atoms with van der Waals surface area (Å²) in [5, 5.41) is 8.67. The molecule has 0 bridgehead atoms. The highest BCUT2D eigenvalue weighted by molar-refractivity contribution is 5.42. The van der Waals surface area contributed by atoms with E-state index in [0.29, 0.717) is 17.3 Å². The molecule has 0 saturated heterocycles. The molecule has 0 aliphatic heterocycles. The molecule has 1 atom stereocenters. The second-order valence-electron chi connectivity index (χ2n) is 7.77. The van der Waals surface area contributed by atoms with Crippen LogP contribution in [0.2, 0.25) is 0 Å². The molecule has 2 aliphatic rings. The normalized spacial score (nSPS) is 20.8. The Morgan fingerprint density at radius 2 is 2.07 bits per heavy atom. The fraction of sp³-hybridized carbons (Fsp3) is 0.450. The van der Waals surface area contributed by atoms with Crippen LogP contribution in [0.4, 0.5) is 13.2 Å². The van der Waals surface area contributed by atoms with Crippen molar-refractivity contribution in [2.75, 3.05) is 0 Å². The van der Waals surface area contributed by atoms with Crippen LogP contribution in [0.15, 0.2) is 35.0 Å². The first-order valence-electron chi connectivity index (χ1n) is 9.41. The number of alkyl halides is 3. The second kappa shape index (κ2) is 5.93. The number of nitrogens with zero attached hydrogens (tertiary/aromatic N) is 4. The van der Waals surface area contributed by atoms with Crippen LogP contribution in [0, 0.1) is 0 Å². The monoisotopic (exact) mass is 388 g/mol. The van der Waals surface area contributed by atoms with Crippen LogP contribution in [0.3, 0.4) is 0 Å². The summed E-state index contributed by atoms with van der Waals surface area (Å²) in [6.07, 6.45) is 1.88. The molecular weight excluding hydrogens is 369 g/mol. The maximum Gasteiger partial charge on any atom is 0.416 e. The van der Waals surface area contributed by atoms with Crippen LogP contribution in [0.5, 0.6) is 0 Å². The first-order chi connectivity index (χ1) is 13.4. The average molecular weight is 388 g/mol. The molecular formula is C20H19F3N4O. The van der Waals surface area contributed by atoms with Crippen LogP contribution in [-0.4, -0.2) is 19.9 Å². The van der Waals surface area contributed by atoms with Crippen molar-refractivity contribution in [2.45, 2.75) is 49.6 Å². The lowest BCUT2D eigenvalue weighted by Gasteiger charge is -2.17. The molecule has 0 amide bonds. The summed E-state index contributed by atoms with van der Waals surface area (Å²) in [5.74, 6) is 1.01. The van der Waals surface area contributed by atoms with Gasteiger partial charge >= 0.3 is 6.18 Å². The van der Waals surface area contributed by atoms with Gasteiger partial charge in [0.15, 0.2) is 5.82 Å². The van der Waals surface area contributed by atoms with Crippen LogP contribution < -0.4 is 0 Å². The smallest absolute Gasteiger partial charge is 0.339 e. The Kier molecular flexibility index (Phi) is 3.70. The molecule has 2 aliphatic carbocycles. The number of aromatic nitrogens is 4. The largest absolute Gasteiger partial charge is 0.416 e. The number of halogens is 3. The number of hydrogen-bond donors (Lipinski definition) is 0. The average Bonchev–Trinajstić information content (AvgIpc) is 3.15. The maximum atomic E-state index is 13.1. The third-order valence-electron chi connectivity index (χ3n) is 5.88. The molecule has 28 heavy (non-hydrogen) atoms. The Balaban J connectivity index is 1.49. The predicted octanol–water partition coefficient (Wildman–Crippen LogP) is 4.37. The van der Waals surface area contributed by atoms with Crippen molar-refractivity contribution in [2.24, 2.45) is 7.05 Å². The minimum atomic E-state index is -4.37. The minimum Gasteiger partial charge on any atom is -0.339 e. The van der Waals surface area contributed by atoms with Crippen molar-refractivity contribution in [3.63, 3.8) is 0 Å². The lowest BCUT2D eigenvalue weighted by molar-refractivity contribution is -0.137. The molecule has 146 valence electrons. The lowest BCUT2D eigenvalue weighted by Crippen LogP contribution is -2.14. The molecule has 1 unspecified atom stereocenters. The summed E-state index contributed by atoms with van der Waals surface area (Å²) in [6, 6.07) is 5.47. The molecule has 1 fully saturated rings. The molecule has 5 rings (SSSR count). The van der Waals surface area contributed by atoms with Gasteiger partial charge < -0.3 is 4.52 Å².